The van der Waals surface area contributed by atoms with E-state index in [2.05, 4.69) is 4.85 Å². The maximum absolute atomic E-state index is 13.3. The van der Waals surface area contributed by atoms with Crippen molar-refractivity contribution in [2.24, 2.45) is 0 Å². The third kappa shape index (κ3) is 3.07. The first-order chi connectivity index (χ1) is 11.7. The van der Waals surface area contributed by atoms with E-state index in [1.165, 1.54) is 12.1 Å². The van der Waals surface area contributed by atoms with E-state index in [1.807, 2.05) is 0 Å². The number of furan rings is 1. The van der Waals surface area contributed by atoms with Gasteiger partial charge in [0.2, 0.25) is 11.4 Å². The van der Waals surface area contributed by atoms with Crippen LogP contribution in [0.5, 0.6) is 0 Å². The fraction of sp³-hybridized carbons (Fsp3) is 0.188. The molecule has 0 aliphatic heterocycles. The lowest BCUT2D eigenvalue weighted by molar-refractivity contribution is -0.153. The molecule has 0 spiro atoms. The first-order valence-electron chi connectivity index (χ1n) is 6.85. The second-order valence-corrected chi connectivity index (χ2v) is 5.54. The van der Waals surface area contributed by atoms with Gasteiger partial charge in [-0.05, 0) is 24.3 Å². The van der Waals surface area contributed by atoms with E-state index in [0.717, 1.165) is 22.8 Å². The topological polar surface area (TPSA) is 22.4 Å². The Balaban J connectivity index is 2.12. The molecule has 0 unspecified atom stereocenters. The quantitative estimate of drug-likeness (QED) is 0.382. The van der Waals surface area contributed by atoms with E-state index in [9.17, 15) is 22.0 Å². The Kier molecular flexibility index (Phi) is 4.21. The molecule has 3 aromatic rings. The van der Waals surface area contributed by atoms with Crippen LogP contribution in [0, 0.1) is 6.57 Å². The minimum Gasteiger partial charge on any atom is -0.455 e. The Bertz CT molecular complexity index is 981. The van der Waals surface area contributed by atoms with E-state index in [4.69, 9.17) is 22.6 Å². The van der Waals surface area contributed by atoms with Crippen LogP contribution in [-0.2, 0) is 12.7 Å². The SMILES string of the molecule is [C-]#[N+]c1ccc2c(cc(C(F)F)n2Cc2ccc(C(F)(F)F)o2)c1Cl. The first-order valence-corrected chi connectivity index (χ1v) is 7.23. The molecule has 0 atom stereocenters. The van der Waals surface area contributed by atoms with Crippen molar-refractivity contribution in [3.63, 3.8) is 0 Å². The maximum atomic E-state index is 13.3. The lowest BCUT2D eigenvalue weighted by atomic mass is 10.2. The van der Waals surface area contributed by atoms with Crippen LogP contribution in [0.4, 0.5) is 27.6 Å². The fourth-order valence-electron chi connectivity index (χ4n) is 2.52. The molecule has 0 N–H and O–H groups in total. The van der Waals surface area contributed by atoms with Crippen molar-refractivity contribution in [1.29, 1.82) is 0 Å². The van der Waals surface area contributed by atoms with Crippen molar-refractivity contribution in [3.8, 4) is 0 Å². The van der Waals surface area contributed by atoms with Gasteiger partial charge in [0.25, 0.3) is 6.43 Å². The number of aromatic nitrogens is 1. The smallest absolute Gasteiger partial charge is 0.449 e. The van der Waals surface area contributed by atoms with Crippen LogP contribution in [0.3, 0.4) is 0 Å². The molecule has 2 aromatic heterocycles. The van der Waals surface area contributed by atoms with Gasteiger partial charge in [0.15, 0.2) is 0 Å². The van der Waals surface area contributed by atoms with Gasteiger partial charge in [-0.3, -0.25) is 0 Å². The molecule has 2 heterocycles. The molecule has 1 aromatic carbocycles. The van der Waals surface area contributed by atoms with Crippen LogP contribution in [-0.4, -0.2) is 4.57 Å². The average Bonchev–Trinajstić information content (AvgIpc) is 3.13. The Morgan fingerprint density at radius 1 is 1.20 bits per heavy atom. The summed E-state index contributed by atoms with van der Waals surface area (Å²) < 4.78 is 70.3. The predicted molar refractivity (Wildman–Crippen MR) is 81.0 cm³/mol. The van der Waals surface area contributed by atoms with Gasteiger partial charge in [0.1, 0.15) is 5.76 Å². The van der Waals surface area contributed by atoms with E-state index < -0.39 is 24.1 Å². The summed E-state index contributed by atoms with van der Waals surface area (Å²) in [4.78, 5) is 3.20. The molecule has 3 nitrogen and oxygen atoms in total. The summed E-state index contributed by atoms with van der Waals surface area (Å²) >= 11 is 6.05. The van der Waals surface area contributed by atoms with Crippen molar-refractivity contribution in [2.75, 3.05) is 0 Å². The van der Waals surface area contributed by atoms with Gasteiger partial charge in [-0.2, -0.15) is 13.2 Å². The molecule has 0 radical (unpaired) electrons. The Morgan fingerprint density at radius 2 is 1.92 bits per heavy atom. The second-order valence-electron chi connectivity index (χ2n) is 5.16. The lowest BCUT2D eigenvalue weighted by Gasteiger charge is -2.09. The molecular formula is C16H8ClF5N2O. The van der Waals surface area contributed by atoms with Crippen molar-refractivity contribution >= 4 is 28.2 Å². The normalized spacial score (nSPS) is 12.1. The minimum atomic E-state index is -4.66. The second kappa shape index (κ2) is 6.08. The Labute approximate surface area is 143 Å². The van der Waals surface area contributed by atoms with Gasteiger partial charge in [-0.15, -0.1) is 0 Å². The molecule has 0 saturated carbocycles. The molecule has 130 valence electrons. The lowest BCUT2D eigenvalue weighted by Crippen LogP contribution is -2.05. The van der Waals surface area contributed by atoms with Gasteiger partial charge in [0, 0.05) is 10.9 Å². The number of fused-ring (bicyclic) bond motifs is 1. The summed E-state index contributed by atoms with van der Waals surface area (Å²) in [5, 5.41) is 0.247. The third-order valence-corrected chi connectivity index (χ3v) is 4.03. The number of nitrogens with zero attached hydrogens (tertiary/aromatic N) is 2. The zero-order chi connectivity index (χ0) is 18.4. The molecule has 0 fully saturated rings. The maximum Gasteiger partial charge on any atom is 0.449 e. The Morgan fingerprint density at radius 3 is 2.48 bits per heavy atom. The number of benzene rings is 1. The number of halogens is 6. The summed E-state index contributed by atoms with van der Waals surface area (Å²) in [6.45, 7) is 6.68. The number of rotatable bonds is 3. The highest BCUT2D eigenvalue weighted by molar-refractivity contribution is 6.38. The van der Waals surface area contributed by atoms with Crippen molar-refractivity contribution < 1.29 is 26.4 Å². The zero-order valence-electron chi connectivity index (χ0n) is 12.2. The summed E-state index contributed by atoms with van der Waals surface area (Å²) in [5.41, 5.74) is -0.0499. The van der Waals surface area contributed by atoms with Crippen LogP contribution in [0.25, 0.3) is 15.7 Å². The monoisotopic (exact) mass is 374 g/mol. The van der Waals surface area contributed by atoms with Gasteiger partial charge in [-0.1, -0.05) is 17.7 Å². The molecule has 0 aliphatic carbocycles. The number of alkyl halides is 5. The minimum absolute atomic E-state index is 0.0172. The first kappa shape index (κ1) is 17.3. The third-order valence-electron chi connectivity index (χ3n) is 3.63. The molecular weight excluding hydrogens is 367 g/mol. The number of hydrogen-bond donors (Lipinski definition) is 0. The molecule has 3 rings (SSSR count). The van der Waals surface area contributed by atoms with E-state index in [1.54, 1.807) is 0 Å². The van der Waals surface area contributed by atoms with Crippen LogP contribution >= 0.6 is 11.6 Å². The Hall–Kier alpha value is -2.53. The van der Waals surface area contributed by atoms with Crippen molar-refractivity contribution in [1.82, 2.24) is 4.57 Å². The van der Waals surface area contributed by atoms with Crippen molar-refractivity contribution in [3.05, 3.63) is 64.0 Å². The molecule has 0 amide bonds. The molecule has 0 aliphatic rings. The highest BCUT2D eigenvalue weighted by Gasteiger charge is 2.35. The van der Waals surface area contributed by atoms with Crippen LogP contribution in [0.15, 0.2) is 34.7 Å². The molecule has 0 saturated heterocycles. The van der Waals surface area contributed by atoms with Gasteiger partial charge >= 0.3 is 6.18 Å². The molecule has 0 bridgehead atoms. The molecule has 25 heavy (non-hydrogen) atoms. The van der Waals surface area contributed by atoms with Gasteiger partial charge < -0.3 is 8.98 Å². The molecule has 9 heteroatoms. The summed E-state index contributed by atoms with van der Waals surface area (Å²) in [7, 11) is 0. The summed E-state index contributed by atoms with van der Waals surface area (Å²) in [6, 6.07) is 5.75. The standard InChI is InChI=1S/C16H8ClF5N2O/c1-23-10-3-4-11-9(14(10)17)6-12(15(18)19)24(11)7-8-2-5-13(25-8)16(20,21)22/h2-6,15H,7H2. The van der Waals surface area contributed by atoms with E-state index >= 15 is 0 Å². The van der Waals surface area contributed by atoms with E-state index in [0.29, 0.717) is 0 Å². The van der Waals surface area contributed by atoms with Gasteiger partial charge in [-0.25, -0.2) is 13.6 Å². The van der Waals surface area contributed by atoms with Crippen LogP contribution < -0.4 is 0 Å². The van der Waals surface area contributed by atoms with Crippen molar-refractivity contribution in [2.45, 2.75) is 19.1 Å². The highest BCUT2D eigenvalue weighted by atomic mass is 35.5. The van der Waals surface area contributed by atoms with Crippen LogP contribution in [0.1, 0.15) is 23.6 Å². The largest absolute Gasteiger partial charge is 0.455 e. The summed E-state index contributed by atoms with van der Waals surface area (Å²) in [6.07, 6.45) is -7.53. The van der Waals surface area contributed by atoms with Crippen LogP contribution in [0.2, 0.25) is 5.02 Å². The van der Waals surface area contributed by atoms with Gasteiger partial charge in [0.05, 0.1) is 23.8 Å². The average molecular weight is 375 g/mol. The number of hydrogen-bond acceptors (Lipinski definition) is 1. The zero-order valence-corrected chi connectivity index (χ0v) is 13.0. The predicted octanol–water partition coefficient (Wildman–Crippen LogP) is 6.44. The fourth-order valence-corrected chi connectivity index (χ4v) is 2.78. The summed E-state index contributed by atoms with van der Waals surface area (Å²) in [5.74, 6) is -1.33. The highest BCUT2D eigenvalue weighted by Crippen LogP contribution is 2.38. The van der Waals surface area contributed by atoms with E-state index in [-0.39, 0.29) is 33.9 Å².